The first-order valence-corrected chi connectivity index (χ1v) is 9.29. The molecule has 1 unspecified atom stereocenters. The number of carbonyl (C=O) groups is 1. The molecule has 1 saturated heterocycles. The number of piperazine rings is 1. The van der Waals surface area contributed by atoms with E-state index < -0.39 is 0 Å². The monoisotopic (exact) mass is 366 g/mol. The number of hydrogen-bond donors (Lipinski definition) is 0. The number of para-hydroxylation sites is 2. The molecule has 6 heteroatoms. The number of benzene rings is 2. The molecule has 5 nitrogen and oxygen atoms in total. The SMILES string of the molecule is CC(C(=O)N1CCN(Cc2cccc(F)c2)CC1)n1cnc2ccccc21. The van der Waals surface area contributed by atoms with Crippen LogP contribution in [0.3, 0.4) is 0 Å². The van der Waals surface area contributed by atoms with Gasteiger partial charge in [-0.1, -0.05) is 24.3 Å². The van der Waals surface area contributed by atoms with Gasteiger partial charge in [0, 0.05) is 32.7 Å². The van der Waals surface area contributed by atoms with Crippen LogP contribution in [0.15, 0.2) is 54.9 Å². The molecule has 1 aromatic heterocycles. The zero-order valence-corrected chi connectivity index (χ0v) is 15.4. The number of rotatable bonds is 4. The summed E-state index contributed by atoms with van der Waals surface area (Å²) in [4.78, 5) is 21.5. The zero-order chi connectivity index (χ0) is 18.8. The predicted molar refractivity (Wildman–Crippen MR) is 103 cm³/mol. The van der Waals surface area contributed by atoms with E-state index in [1.165, 1.54) is 6.07 Å². The predicted octanol–water partition coefficient (Wildman–Crippen LogP) is 3.08. The van der Waals surface area contributed by atoms with Crippen LogP contribution >= 0.6 is 0 Å². The van der Waals surface area contributed by atoms with Gasteiger partial charge in [-0.05, 0) is 36.8 Å². The van der Waals surface area contributed by atoms with Crippen LogP contribution < -0.4 is 0 Å². The molecule has 0 saturated carbocycles. The van der Waals surface area contributed by atoms with Crippen LogP contribution in [0.1, 0.15) is 18.5 Å². The highest BCUT2D eigenvalue weighted by molar-refractivity contribution is 5.83. The molecule has 4 rings (SSSR count). The van der Waals surface area contributed by atoms with Crippen LogP contribution in [-0.4, -0.2) is 51.4 Å². The molecule has 27 heavy (non-hydrogen) atoms. The second-order valence-corrected chi connectivity index (χ2v) is 7.05. The molecule has 2 aromatic carbocycles. The third-order valence-electron chi connectivity index (χ3n) is 5.23. The molecule has 1 fully saturated rings. The summed E-state index contributed by atoms with van der Waals surface area (Å²) >= 11 is 0. The maximum absolute atomic E-state index is 13.3. The van der Waals surface area contributed by atoms with E-state index >= 15 is 0 Å². The highest BCUT2D eigenvalue weighted by Gasteiger charge is 2.26. The van der Waals surface area contributed by atoms with E-state index in [-0.39, 0.29) is 17.8 Å². The first kappa shape index (κ1) is 17.7. The number of carbonyl (C=O) groups excluding carboxylic acids is 1. The Morgan fingerprint density at radius 2 is 1.89 bits per heavy atom. The quantitative estimate of drug-likeness (QED) is 0.713. The molecule has 0 radical (unpaired) electrons. The molecule has 1 atom stereocenters. The second-order valence-electron chi connectivity index (χ2n) is 7.05. The Balaban J connectivity index is 1.38. The smallest absolute Gasteiger partial charge is 0.245 e. The molecule has 0 spiro atoms. The molecule has 0 N–H and O–H groups in total. The molecular formula is C21H23FN4O. The molecular weight excluding hydrogens is 343 g/mol. The van der Waals surface area contributed by atoms with Crippen molar-refractivity contribution < 1.29 is 9.18 Å². The largest absolute Gasteiger partial charge is 0.338 e. The van der Waals surface area contributed by atoms with Crippen molar-refractivity contribution in [2.24, 2.45) is 0 Å². The van der Waals surface area contributed by atoms with Crippen LogP contribution in [0.25, 0.3) is 11.0 Å². The first-order chi connectivity index (χ1) is 13.1. The average Bonchev–Trinajstić information content (AvgIpc) is 3.12. The van der Waals surface area contributed by atoms with Gasteiger partial charge in [0.2, 0.25) is 5.91 Å². The van der Waals surface area contributed by atoms with Gasteiger partial charge in [-0.3, -0.25) is 9.69 Å². The van der Waals surface area contributed by atoms with E-state index in [9.17, 15) is 9.18 Å². The van der Waals surface area contributed by atoms with Crippen molar-refractivity contribution in [1.29, 1.82) is 0 Å². The minimum absolute atomic E-state index is 0.114. The molecule has 1 amide bonds. The Labute approximate surface area is 158 Å². The number of fused-ring (bicyclic) bond motifs is 1. The van der Waals surface area contributed by atoms with Gasteiger partial charge >= 0.3 is 0 Å². The average molecular weight is 366 g/mol. The number of aromatic nitrogens is 2. The fraction of sp³-hybridized carbons (Fsp3) is 0.333. The summed E-state index contributed by atoms with van der Waals surface area (Å²) < 4.78 is 15.3. The number of halogens is 1. The fourth-order valence-corrected chi connectivity index (χ4v) is 3.69. The Morgan fingerprint density at radius 1 is 1.11 bits per heavy atom. The van der Waals surface area contributed by atoms with E-state index in [4.69, 9.17) is 0 Å². The van der Waals surface area contributed by atoms with Crippen LogP contribution in [0.4, 0.5) is 4.39 Å². The van der Waals surface area contributed by atoms with E-state index in [1.807, 2.05) is 46.7 Å². The van der Waals surface area contributed by atoms with Crippen LogP contribution in [0.5, 0.6) is 0 Å². The lowest BCUT2D eigenvalue weighted by atomic mass is 10.2. The van der Waals surface area contributed by atoms with Crippen molar-refractivity contribution in [3.63, 3.8) is 0 Å². The molecule has 2 heterocycles. The summed E-state index contributed by atoms with van der Waals surface area (Å²) in [6.07, 6.45) is 1.74. The summed E-state index contributed by atoms with van der Waals surface area (Å²) in [6, 6.07) is 14.3. The second kappa shape index (κ2) is 7.48. The zero-order valence-electron chi connectivity index (χ0n) is 15.4. The maximum atomic E-state index is 13.3. The van der Waals surface area contributed by atoms with Crippen LogP contribution in [0.2, 0.25) is 0 Å². The Bertz CT molecular complexity index is 946. The topological polar surface area (TPSA) is 41.4 Å². The lowest BCUT2D eigenvalue weighted by molar-refractivity contribution is -0.136. The number of hydrogen-bond acceptors (Lipinski definition) is 3. The highest BCUT2D eigenvalue weighted by atomic mass is 19.1. The number of imidazole rings is 1. The number of nitrogens with zero attached hydrogens (tertiary/aromatic N) is 4. The summed E-state index contributed by atoms with van der Waals surface area (Å²) in [6.45, 7) is 5.59. The van der Waals surface area contributed by atoms with Gasteiger partial charge in [0.15, 0.2) is 0 Å². The Morgan fingerprint density at radius 3 is 2.67 bits per heavy atom. The normalized spacial score (nSPS) is 16.6. The van der Waals surface area contributed by atoms with Gasteiger partial charge in [-0.2, -0.15) is 0 Å². The summed E-state index contributed by atoms with van der Waals surface area (Å²) in [5.41, 5.74) is 2.84. The van der Waals surface area contributed by atoms with E-state index in [0.717, 1.165) is 29.7 Å². The molecule has 140 valence electrons. The molecule has 0 aliphatic carbocycles. The molecule has 0 bridgehead atoms. The fourth-order valence-electron chi connectivity index (χ4n) is 3.69. The molecule has 1 aliphatic heterocycles. The van der Waals surface area contributed by atoms with Crippen LogP contribution in [-0.2, 0) is 11.3 Å². The summed E-state index contributed by atoms with van der Waals surface area (Å²) in [7, 11) is 0. The minimum atomic E-state index is -0.285. The third kappa shape index (κ3) is 3.71. The summed E-state index contributed by atoms with van der Waals surface area (Å²) in [5, 5.41) is 0. The Hall–Kier alpha value is -2.73. The lowest BCUT2D eigenvalue weighted by Crippen LogP contribution is -2.49. The van der Waals surface area contributed by atoms with E-state index in [2.05, 4.69) is 9.88 Å². The Kier molecular flexibility index (Phi) is 4.90. The minimum Gasteiger partial charge on any atom is -0.338 e. The van der Waals surface area contributed by atoms with Gasteiger partial charge in [0.25, 0.3) is 0 Å². The third-order valence-corrected chi connectivity index (χ3v) is 5.23. The van der Waals surface area contributed by atoms with Gasteiger partial charge < -0.3 is 9.47 Å². The van der Waals surface area contributed by atoms with Gasteiger partial charge in [0.05, 0.1) is 17.4 Å². The van der Waals surface area contributed by atoms with E-state index in [1.54, 1.807) is 18.5 Å². The van der Waals surface area contributed by atoms with Crippen molar-refractivity contribution in [2.45, 2.75) is 19.5 Å². The van der Waals surface area contributed by atoms with Crippen molar-refractivity contribution in [3.8, 4) is 0 Å². The van der Waals surface area contributed by atoms with Crippen molar-refractivity contribution in [1.82, 2.24) is 19.4 Å². The summed E-state index contributed by atoms with van der Waals surface area (Å²) in [5.74, 6) is -0.0914. The van der Waals surface area contributed by atoms with Gasteiger partial charge in [0.1, 0.15) is 11.9 Å². The van der Waals surface area contributed by atoms with Gasteiger partial charge in [-0.25, -0.2) is 9.37 Å². The lowest BCUT2D eigenvalue weighted by Gasteiger charge is -2.36. The van der Waals surface area contributed by atoms with E-state index in [0.29, 0.717) is 19.6 Å². The number of amides is 1. The van der Waals surface area contributed by atoms with Crippen molar-refractivity contribution >= 4 is 16.9 Å². The molecule has 3 aromatic rings. The van der Waals surface area contributed by atoms with Crippen molar-refractivity contribution in [2.75, 3.05) is 26.2 Å². The highest BCUT2D eigenvalue weighted by Crippen LogP contribution is 2.20. The van der Waals surface area contributed by atoms with Crippen molar-refractivity contribution in [3.05, 3.63) is 66.2 Å². The first-order valence-electron chi connectivity index (χ1n) is 9.29. The maximum Gasteiger partial charge on any atom is 0.245 e. The van der Waals surface area contributed by atoms with Gasteiger partial charge in [-0.15, -0.1) is 0 Å². The standard InChI is InChI=1S/C21H23FN4O/c1-16(26-15-23-19-7-2-3-8-20(19)26)21(27)25-11-9-24(10-12-25)14-17-5-4-6-18(22)13-17/h2-8,13,15-16H,9-12,14H2,1H3. The molecule has 1 aliphatic rings. The van der Waals surface area contributed by atoms with Crippen LogP contribution in [0, 0.1) is 5.82 Å².